The predicted octanol–water partition coefficient (Wildman–Crippen LogP) is 4.86. The van der Waals surface area contributed by atoms with Gasteiger partial charge in [-0.1, -0.05) is 0 Å². The summed E-state index contributed by atoms with van der Waals surface area (Å²) in [5.74, 6) is 0.0221. The number of aromatic nitrogens is 4. The van der Waals surface area contributed by atoms with Gasteiger partial charge in [0.25, 0.3) is 5.91 Å². The number of nitrogens with one attached hydrogen (secondary N) is 1. The summed E-state index contributed by atoms with van der Waals surface area (Å²) in [5.41, 5.74) is 7.70. The van der Waals surface area contributed by atoms with Gasteiger partial charge in [-0.15, -0.1) is 0 Å². The first kappa shape index (κ1) is 28.7. The van der Waals surface area contributed by atoms with Crippen LogP contribution in [0, 0.1) is 5.82 Å². The molecule has 0 bridgehead atoms. The molecule has 0 saturated carbocycles. The van der Waals surface area contributed by atoms with Gasteiger partial charge in [0.1, 0.15) is 17.3 Å². The van der Waals surface area contributed by atoms with Gasteiger partial charge in [-0.2, -0.15) is 0 Å². The molecule has 1 fully saturated rings. The molecule has 2 aliphatic heterocycles. The van der Waals surface area contributed by atoms with Crippen LogP contribution in [-0.2, 0) is 26.0 Å². The lowest BCUT2D eigenvalue weighted by Crippen LogP contribution is -2.44. The van der Waals surface area contributed by atoms with Gasteiger partial charge >= 0.3 is 0 Å². The van der Waals surface area contributed by atoms with Crippen molar-refractivity contribution in [3.8, 4) is 11.1 Å². The van der Waals surface area contributed by atoms with Gasteiger partial charge in [0, 0.05) is 74.7 Å². The van der Waals surface area contributed by atoms with Gasteiger partial charge in [-0.3, -0.25) is 4.79 Å². The number of aryl methyl sites for hydroxylation is 1. The molecule has 46 heavy (non-hydrogen) atoms. The van der Waals surface area contributed by atoms with Crippen molar-refractivity contribution in [3.05, 3.63) is 89.5 Å². The molecular formula is C35H37FN8O2. The van der Waals surface area contributed by atoms with Crippen molar-refractivity contribution < 1.29 is 14.3 Å². The molecule has 11 heteroatoms. The molecule has 236 valence electrons. The zero-order valence-corrected chi connectivity index (χ0v) is 25.9. The van der Waals surface area contributed by atoms with E-state index in [2.05, 4.69) is 42.8 Å². The highest BCUT2D eigenvalue weighted by Gasteiger charge is 2.32. The molecule has 3 aliphatic rings. The SMILES string of the molecule is CN1CCN(c2ccc(Nc3cc(-c4cc(F)cc(N5CCn6c(cc7c6CCCC7)C5=O)c4CO)cn4ccnc34)nc2)CC1. The molecular weight excluding hydrogens is 583 g/mol. The Balaban J connectivity index is 1.13. The summed E-state index contributed by atoms with van der Waals surface area (Å²) in [6.07, 6.45) is 11.5. The number of anilines is 4. The van der Waals surface area contributed by atoms with Crippen LogP contribution in [0.15, 0.2) is 61.2 Å². The molecule has 5 aromatic rings. The molecule has 6 heterocycles. The number of pyridine rings is 2. The summed E-state index contributed by atoms with van der Waals surface area (Å²) < 4.78 is 19.4. The number of fused-ring (bicyclic) bond motifs is 4. The minimum absolute atomic E-state index is 0.162. The molecule has 0 unspecified atom stereocenters. The van der Waals surface area contributed by atoms with Crippen molar-refractivity contribution in [3.63, 3.8) is 0 Å². The maximum Gasteiger partial charge on any atom is 0.274 e. The van der Waals surface area contributed by atoms with Crippen LogP contribution in [-0.4, -0.2) is 74.6 Å². The smallest absolute Gasteiger partial charge is 0.274 e. The van der Waals surface area contributed by atoms with E-state index in [1.165, 1.54) is 23.4 Å². The lowest BCUT2D eigenvalue weighted by Gasteiger charge is -2.33. The van der Waals surface area contributed by atoms with E-state index in [1.807, 2.05) is 41.2 Å². The molecule has 0 atom stereocenters. The Hall–Kier alpha value is -4.74. The van der Waals surface area contributed by atoms with Crippen molar-refractivity contribution in [1.82, 2.24) is 23.8 Å². The number of amides is 1. The van der Waals surface area contributed by atoms with Crippen molar-refractivity contribution >= 4 is 34.4 Å². The number of benzene rings is 1. The van der Waals surface area contributed by atoms with E-state index in [-0.39, 0.29) is 12.5 Å². The number of imidazole rings is 1. The lowest BCUT2D eigenvalue weighted by molar-refractivity contribution is 0.0964. The number of hydrogen-bond donors (Lipinski definition) is 2. The summed E-state index contributed by atoms with van der Waals surface area (Å²) >= 11 is 0. The number of aliphatic hydroxyl groups excluding tert-OH is 1. The average Bonchev–Trinajstić information content (AvgIpc) is 3.71. The molecule has 0 spiro atoms. The second kappa shape index (κ2) is 11.6. The first-order valence-corrected chi connectivity index (χ1v) is 16.1. The van der Waals surface area contributed by atoms with E-state index in [1.54, 1.807) is 11.1 Å². The minimum Gasteiger partial charge on any atom is -0.392 e. The standard InChI is InChI=1S/C35H37FN8O2/c1-40-10-12-41(13-11-40)26-6-7-33(38-20-26)39-29-16-24(21-42-9-8-37-34(29)42)27-18-25(36)19-31(28(27)22-45)44-15-14-43-30-5-3-2-4-23(30)17-32(43)35(44)46/h6-9,16-21,45H,2-5,10-15,22H2,1H3,(H,38,39). The fraction of sp³-hybridized carbons (Fsp3) is 0.343. The zero-order chi connectivity index (χ0) is 31.4. The lowest BCUT2D eigenvalue weighted by atomic mass is 9.97. The van der Waals surface area contributed by atoms with Gasteiger partial charge in [-0.25, -0.2) is 14.4 Å². The Morgan fingerprint density at radius 3 is 2.63 bits per heavy atom. The van der Waals surface area contributed by atoms with Crippen LogP contribution in [0.25, 0.3) is 16.8 Å². The summed E-state index contributed by atoms with van der Waals surface area (Å²) in [5, 5.41) is 14.1. The Kier molecular flexibility index (Phi) is 7.22. The fourth-order valence-corrected chi connectivity index (χ4v) is 7.28. The van der Waals surface area contributed by atoms with Crippen molar-refractivity contribution in [2.24, 2.45) is 0 Å². The number of hydrogen-bond acceptors (Lipinski definition) is 7. The van der Waals surface area contributed by atoms with Crippen LogP contribution >= 0.6 is 0 Å². The number of nitrogens with zero attached hydrogens (tertiary/aromatic N) is 7. The second-order valence-electron chi connectivity index (χ2n) is 12.5. The van der Waals surface area contributed by atoms with Crippen LogP contribution in [0.1, 0.15) is 40.2 Å². The highest BCUT2D eigenvalue weighted by Crippen LogP contribution is 2.38. The molecule has 10 nitrogen and oxygen atoms in total. The number of likely N-dealkylation sites (N-methyl/N-ethyl adjacent to an activating group) is 1. The highest BCUT2D eigenvalue weighted by molar-refractivity contribution is 6.07. The number of piperazine rings is 1. The first-order chi connectivity index (χ1) is 22.5. The van der Waals surface area contributed by atoms with Crippen LogP contribution in [0.3, 0.4) is 0 Å². The van der Waals surface area contributed by atoms with Gasteiger partial charge in [0.05, 0.1) is 29.9 Å². The molecule has 1 aliphatic carbocycles. The van der Waals surface area contributed by atoms with Crippen LogP contribution < -0.4 is 15.1 Å². The van der Waals surface area contributed by atoms with E-state index in [9.17, 15) is 9.90 Å². The van der Waals surface area contributed by atoms with Crippen LogP contribution in [0.4, 0.5) is 27.3 Å². The summed E-state index contributed by atoms with van der Waals surface area (Å²) in [4.78, 5) is 29.4. The zero-order valence-electron chi connectivity index (χ0n) is 25.9. The number of rotatable bonds is 6. The molecule has 1 aromatic carbocycles. The van der Waals surface area contributed by atoms with Crippen molar-refractivity contribution in [1.29, 1.82) is 0 Å². The first-order valence-electron chi connectivity index (χ1n) is 16.1. The molecule has 8 rings (SSSR count). The summed E-state index contributed by atoms with van der Waals surface area (Å²) in [6.45, 7) is 4.65. The largest absolute Gasteiger partial charge is 0.392 e. The van der Waals surface area contributed by atoms with E-state index in [4.69, 9.17) is 0 Å². The third-order valence-electron chi connectivity index (χ3n) is 9.74. The minimum atomic E-state index is -0.475. The summed E-state index contributed by atoms with van der Waals surface area (Å²) in [7, 11) is 2.14. The van der Waals surface area contributed by atoms with Crippen molar-refractivity contribution in [2.75, 3.05) is 54.9 Å². The maximum absolute atomic E-state index is 15.4. The van der Waals surface area contributed by atoms with Gasteiger partial charge < -0.3 is 34.1 Å². The third kappa shape index (κ3) is 5.00. The Bertz CT molecular complexity index is 1940. The topological polar surface area (TPSA) is 94.2 Å². The summed E-state index contributed by atoms with van der Waals surface area (Å²) in [6, 6.07) is 10.7. The molecule has 2 N–H and O–H groups in total. The average molecular weight is 621 g/mol. The number of carbonyl (C=O) groups excluding carboxylic acids is 1. The normalized spacial score (nSPS) is 17.0. The number of aliphatic hydroxyl groups is 1. The Morgan fingerprint density at radius 1 is 0.978 bits per heavy atom. The van der Waals surface area contributed by atoms with Crippen molar-refractivity contribution in [2.45, 2.75) is 38.8 Å². The quantitative estimate of drug-likeness (QED) is 0.280. The highest BCUT2D eigenvalue weighted by atomic mass is 19.1. The predicted molar refractivity (Wildman–Crippen MR) is 176 cm³/mol. The number of halogens is 1. The molecule has 0 radical (unpaired) electrons. The fourth-order valence-electron chi connectivity index (χ4n) is 7.28. The van der Waals surface area contributed by atoms with E-state index in [0.717, 1.165) is 57.5 Å². The van der Waals surface area contributed by atoms with Gasteiger partial charge in [0.15, 0.2) is 5.65 Å². The van der Waals surface area contributed by atoms with Gasteiger partial charge in [0.2, 0.25) is 0 Å². The molecule has 4 aromatic heterocycles. The van der Waals surface area contributed by atoms with Crippen LogP contribution in [0.5, 0.6) is 0 Å². The monoisotopic (exact) mass is 620 g/mol. The van der Waals surface area contributed by atoms with E-state index in [0.29, 0.717) is 58.3 Å². The third-order valence-corrected chi connectivity index (χ3v) is 9.74. The molecule has 1 saturated heterocycles. The Labute approximate surface area is 266 Å². The van der Waals surface area contributed by atoms with Gasteiger partial charge in [-0.05, 0) is 80.3 Å². The van der Waals surface area contributed by atoms with E-state index < -0.39 is 5.82 Å². The second-order valence-corrected chi connectivity index (χ2v) is 12.5. The maximum atomic E-state index is 15.4. The number of carbonyl (C=O) groups is 1. The molecule has 1 amide bonds. The van der Waals surface area contributed by atoms with E-state index >= 15 is 4.39 Å². The van der Waals surface area contributed by atoms with Crippen LogP contribution in [0.2, 0.25) is 0 Å². The Morgan fingerprint density at radius 2 is 1.83 bits per heavy atom.